The quantitative estimate of drug-likeness (QED) is 0.771. The SMILES string of the molecule is O=C1C[C@H](c2ccccc2)NC(=O)C1C(=O)Nc1ccc(C2CCCCC2)cc1. The van der Waals surface area contributed by atoms with Crippen LogP contribution >= 0.6 is 0 Å². The Morgan fingerprint density at radius 1 is 0.862 bits per heavy atom. The first-order valence-corrected chi connectivity index (χ1v) is 10.4. The fourth-order valence-electron chi connectivity index (χ4n) is 4.41. The molecule has 2 aromatic carbocycles. The minimum absolute atomic E-state index is 0.120. The van der Waals surface area contributed by atoms with E-state index in [4.69, 9.17) is 0 Å². The van der Waals surface area contributed by atoms with Crippen LogP contribution in [0.25, 0.3) is 0 Å². The molecule has 1 saturated carbocycles. The van der Waals surface area contributed by atoms with E-state index in [0.29, 0.717) is 11.6 Å². The van der Waals surface area contributed by atoms with Crippen LogP contribution in [-0.2, 0) is 14.4 Å². The van der Waals surface area contributed by atoms with E-state index in [1.807, 2.05) is 54.6 Å². The maximum atomic E-state index is 12.6. The molecule has 0 bridgehead atoms. The number of rotatable bonds is 4. The highest BCUT2D eigenvalue weighted by Crippen LogP contribution is 2.33. The van der Waals surface area contributed by atoms with E-state index in [-0.39, 0.29) is 18.2 Å². The molecule has 0 spiro atoms. The third kappa shape index (κ3) is 4.39. The summed E-state index contributed by atoms with van der Waals surface area (Å²) in [6.45, 7) is 0. The molecule has 29 heavy (non-hydrogen) atoms. The van der Waals surface area contributed by atoms with Gasteiger partial charge in [0.05, 0.1) is 6.04 Å². The van der Waals surface area contributed by atoms with E-state index in [9.17, 15) is 14.4 Å². The van der Waals surface area contributed by atoms with Crippen LogP contribution in [0.3, 0.4) is 0 Å². The lowest BCUT2D eigenvalue weighted by Gasteiger charge is -2.28. The van der Waals surface area contributed by atoms with Crippen molar-refractivity contribution in [2.45, 2.75) is 50.5 Å². The average Bonchev–Trinajstić information content (AvgIpc) is 2.75. The number of piperidine rings is 1. The minimum Gasteiger partial charge on any atom is -0.348 e. The normalized spacial score (nSPS) is 22.8. The molecule has 1 aliphatic carbocycles. The zero-order valence-electron chi connectivity index (χ0n) is 16.4. The Kier molecular flexibility index (Phi) is 5.74. The van der Waals surface area contributed by atoms with Crippen LogP contribution in [0, 0.1) is 5.92 Å². The van der Waals surface area contributed by atoms with Crippen LogP contribution in [0.1, 0.15) is 61.6 Å². The van der Waals surface area contributed by atoms with E-state index < -0.39 is 17.7 Å². The molecule has 5 nitrogen and oxygen atoms in total. The van der Waals surface area contributed by atoms with Crippen LogP contribution in [0.15, 0.2) is 54.6 Å². The summed E-state index contributed by atoms with van der Waals surface area (Å²) < 4.78 is 0. The van der Waals surface area contributed by atoms with Gasteiger partial charge in [0, 0.05) is 12.1 Å². The summed E-state index contributed by atoms with van der Waals surface area (Å²) in [6, 6.07) is 16.8. The Morgan fingerprint density at radius 2 is 1.55 bits per heavy atom. The summed E-state index contributed by atoms with van der Waals surface area (Å²) in [5, 5.41) is 5.55. The van der Waals surface area contributed by atoms with Gasteiger partial charge in [-0.25, -0.2) is 0 Å². The van der Waals surface area contributed by atoms with Crippen molar-refractivity contribution in [2.24, 2.45) is 5.92 Å². The Balaban J connectivity index is 1.39. The van der Waals surface area contributed by atoms with Crippen LogP contribution in [-0.4, -0.2) is 17.6 Å². The van der Waals surface area contributed by atoms with E-state index in [0.717, 1.165) is 5.56 Å². The topological polar surface area (TPSA) is 75.3 Å². The van der Waals surface area contributed by atoms with Gasteiger partial charge >= 0.3 is 0 Å². The van der Waals surface area contributed by atoms with Crippen molar-refractivity contribution in [1.29, 1.82) is 0 Å². The van der Waals surface area contributed by atoms with E-state index in [2.05, 4.69) is 10.6 Å². The lowest BCUT2D eigenvalue weighted by atomic mass is 9.84. The summed E-state index contributed by atoms with van der Waals surface area (Å²) >= 11 is 0. The molecular weight excluding hydrogens is 364 g/mol. The van der Waals surface area contributed by atoms with Crippen LogP contribution in [0.4, 0.5) is 5.69 Å². The summed E-state index contributed by atoms with van der Waals surface area (Å²) in [5.74, 6) is -2.16. The molecule has 4 rings (SSSR count). The molecule has 1 unspecified atom stereocenters. The number of carbonyl (C=O) groups excluding carboxylic acids is 3. The number of benzene rings is 2. The number of Topliss-reactive ketones (excluding diaryl/α,β-unsaturated/α-hetero) is 1. The fraction of sp³-hybridized carbons (Fsp3) is 0.375. The third-order valence-electron chi connectivity index (χ3n) is 6.02. The third-order valence-corrected chi connectivity index (χ3v) is 6.02. The van der Waals surface area contributed by atoms with Crippen molar-refractivity contribution < 1.29 is 14.4 Å². The molecule has 2 aliphatic rings. The summed E-state index contributed by atoms with van der Waals surface area (Å²) in [7, 11) is 0. The van der Waals surface area contributed by atoms with E-state index in [1.54, 1.807) is 0 Å². The molecule has 5 heteroatoms. The van der Waals surface area contributed by atoms with Gasteiger partial charge in [-0.1, -0.05) is 61.7 Å². The largest absolute Gasteiger partial charge is 0.348 e. The van der Waals surface area contributed by atoms with Crippen molar-refractivity contribution in [3.63, 3.8) is 0 Å². The molecule has 2 amide bonds. The molecule has 2 N–H and O–H groups in total. The molecule has 2 aromatic rings. The van der Waals surface area contributed by atoms with Crippen molar-refractivity contribution in [3.8, 4) is 0 Å². The van der Waals surface area contributed by atoms with Gasteiger partial charge in [0.15, 0.2) is 11.7 Å². The van der Waals surface area contributed by atoms with E-state index >= 15 is 0 Å². The second-order valence-electron chi connectivity index (χ2n) is 8.02. The lowest BCUT2D eigenvalue weighted by Crippen LogP contribution is -2.49. The number of hydrogen-bond donors (Lipinski definition) is 2. The van der Waals surface area contributed by atoms with Gasteiger partial charge < -0.3 is 10.6 Å². The summed E-state index contributed by atoms with van der Waals surface area (Å²) in [5.41, 5.74) is 2.77. The molecule has 1 aliphatic heterocycles. The molecule has 0 radical (unpaired) electrons. The number of hydrogen-bond acceptors (Lipinski definition) is 3. The first-order chi connectivity index (χ1) is 14.1. The second-order valence-corrected chi connectivity index (χ2v) is 8.02. The van der Waals surface area contributed by atoms with Crippen molar-refractivity contribution in [2.75, 3.05) is 5.32 Å². The molecule has 1 saturated heterocycles. The molecule has 0 aromatic heterocycles. The standard InChI is InChI=1S/C24H26N2O3/c27-21-15-20(18-9-5-2-6-10-18)26-24(29)22(21)23(28)25-19-13-11-17(12-14-19)16-7-3-1-4-8-16/h2,5-6,9-14,16,20,22H,1,3-4,7-8,15H2,(H,25,28)(H,26,29)/t20-,22?/m1/s1. The van der Waals surface area contributed by atoms with Gasteiger partial charge in [-0.2, -0.15) is 0 Å². The van der Waals surface area contributed by atoms with Crippen molar-refractivity contribution in [1.82, 2.24) is 5.32 Å². The first-order valence-electron chi connectivity index (χ1n) is 10.4. The van der Waals surface area contributed by atoms with Crippen molar-refractivity contribution >= 4 is 23.3 Å². The minimum atomic E-state index is -1.30. The Morgan fingerprint density at radius 3 is 2.21 bits per heavy atom. The van der Waals surface area contributed by atoms with Gasteiger partial charge in [0.25, 0.3) is 0 Å². The highest BCUT2D eigenvalue weighted by Gasteiger charge is 2.40. The molecule has 150 valence electrons. The van der Waals surface area contributed by atoms with Crippen LogP contribution in [0.2, 0.25) is 0 Å². The molecule has 2 fully saturated rings. The van der Waals surface area contributed by atoms with Gasteiger partial charge in [0.2, 0.25) is 11.8 Å². The van der Waals surface area contributed by atoms with Gasteiger partial charge in [-0.15, -0.1) is 0 Å². The highest BCUT2D eigenvalue weighted by molar-refractivity contribution is 6.22. The van der Waals surface area contributed by atoms with Crippen LogP contribution < -0.4 is 10.6 Å². The number of amides is 2. The fourth-order valence-corrected chi connectivity index (χ4v) is 4.41. The molecule has 2 atom stereocenters. The first kappa shape index (κ1) is 19.4. The maximum absolute atomic E-state index is 12.6. The number of carbonyl (C=O) groups is 3. The summed E-state index contributed by atoms with van der Waals surface area (Å²) in [6.07, 6.45) is 6.40. The second kappa shape index (κ2) is 8.60. The number of ketones is 1. The van der Waals surface area contributed by atoms with Gasteiger partial charge in [-0.05, 0) is 42.0 Å². The van der Waals surface area contributed by atoms with Crippen LogP contribution in [0.5, 0.6) is 0 Å². The zero-order valence-corrected chi connectivity index (χ0v) is 16.4. The smallest absolute Gasteiger partial charge is 0.244 e. The number of nitrogens with one attached hydrogen (secondary N) is 2. The van der Waals surface area contributed by atoms with E-state index in [1.165, 1.54) is 37.7 Å². The lowest BCUT2D eigenvalue weighted by molar-refractivity contribution is -0.143. The highest BCUT2D eigenvalue weighted by atomic mass is 16.2. The Labute approximate surface area is 170 Å². The monoisotopic (exact) mass is 390 g/mol. The predicted octanol–water partition coefficient (Wildman–Crippen LogP) is 4.12. The Bertz CT molecular complexity index is 868. The molecular formula is C24H26N2O3. The van der Waals surface area contributed by atoms with Crippen molar-refractivity contribution in [3.05, 3.63) is 65.7 Å². The van der Waals surface area contributed by atoms with Gasteiger partial charge in [0.1, 0.15) is 0 Å². The predicted molar refractivity (Wildman–Crippen MR) is 111 cm³/mol. The maximum Gasteiger partial charge on any atom is 0.244 e. The molecule has 1 heterocycles. The Hall–Kier alpha value is -2.95. The summed E-state index contributed by atoms with van der Waals surface area (Å²) in [4.78, 5) is 37.7. The van der Waals surface area contributed by atoms with Gasteiger partial charge in [-0.3, -0.25) is 14.4 Å². The average molecular weight is 390 g/mol. The zero-order chi connectivity index (χ0) is 20.2. The number of anilines is 1.